The molecule has 0 aliphatic heterocycles. The van der Waals surface area contributed by atoms with Crippen LogP contribution in [0.2, 0.25) is 0 Å². The molecule has 0 spiro atoms. The van der Waals surface area contributed by atoms with Crippen LogP contribution in [0.25, 0.3) is 11.1 Å². The molecule has 0 fully saturated rings. The van der Waals surface area contributed by atoms with E-state index in [4.69, 9.17) is 0 Å². The zero-order chi connectivity index (χ0) is 13.8. The van der Waals surface area contributed by atoms with Crippen molar-refractivity contribution < 1.29 is 4.39 Å². The molecule has 0 aliphatic rings. The van der Waals surface area contributed by atoms with E-state index in [1.54, 1.807) is 6.07 Å². The highest BCUT2D eigenvalue weighted by Crippen LogP contribution is 2.28. The zero-order valence-corrected chi connectivity index (χ0v) is 11.8. The maximum atomic E-state index is 14.1. The first-order valence-electron chi connectivity index (χ1n) is 6.68. The molecule has 1 nitrogen and oxygen atoms in total. The highest BCUT2D eigenvalue weighted by Gasteiger charge is 2.09. The van der Waals surface area contributed by atoms with Crippen LogP contribution < -0.4 is 5.32 Å². The molecule has 1 N–H and O–H groups in total. The second-order valence-corrected chi connectivity index (χ2v) is 4.91. The Balaban J connectivity index is 2.45. The number of hydrogen-bond donors (Lipinski definition) is 1. The second-order valence-electron chi connectivity index (χ2n) is 4.91. The lowest BCUT2D eigenvalue weighted by Gasteiger charge is -2.11. The third kappa shape index (κ3) is 3.21. The first kappa shape index (κ1) is 13.8. The van der Waals surface area contributed by atoms with Gasteiger partial charge in [0.15, 0.2) is 0 Å². The van der Waals surface area contributed by atoms with Crippen molar-refractivity contribution in [3.8, 4) is 11.1 Å². The predicted molar refractivity (Wildman–Crippen MR) is 78.7 cm³/mol. The van der Waals surface area contributed by atoms with Crippen LogP contribution in [0.3, 0.4) is 0 Å². The normalized spacial score (nSPS) is 10.7. The summed E-state index contributed by atoms with van der Waals surface area (Å²) in [6.07, 6.45) is 0. The van der Waals surface area contributed by atoms with Crippen molar-refractivity contribution in [2.75, 3.05) is 6.54 Å². The SMILES string of the molecule is CCNCc1ccc(F)c(-c2cc(C)ccc2C)c1. The molecule has 0 aliphatic carbocycles. The van der Waals surface area contributed by atoms with Gasteiger partial charge in [0, 0.05) is 12.1 Å². The Kier molecular flexibility index (Phi) is 4.33. The van der Waals surface area contributed by atoms with E-state index < -0.39 is 0 Å². The summed E-state index contributed by atoms with van der Waals surface area (Å²) in [7, 11) is 0. The molecule has 2 heteroatoms. The fraction of sp³-hybridized carbons (Fsp3) is 0.294. The Morgan fingerprint density at radius 2 is 1.79 bits per heavy atom. The van der Waals surface area contributed by atoms with Gasteiger partial charge in [0.25, 0.3) is 0 Å². The molecule has 19 heavy (non-hydrogen) atoms. The smallest absolute Gasteiger partial charge is 0.131 e. The highest BCUT2D eigenvalue weighted by molar-refractivity contribution is 5.69. The van der Waals surface area contributed by atoms with Crippen molar-refractivity contribution in [1.82, 2.24) is 5.32 Å². The van der Waals surface area contributed by atoms with Gasteiger partial charge in [-0.2, -0.15) is 0 Å². The van der Waals surface area contributed by atoms with E-state index >= 15 is 0 Å². The Bertz CT molecular complexity index is 575. The average molecular weight is 257 g/mol. The first-order valence-corrected chi connectivity index (χ1v) is 6.68. The lowest BCUT2D eigenvalue weighted by molar-refractivity contribution is 0.629. The number of benzene rings is 2. The van der Waals surface area contributed by atoms with Crippen molar-refractivity contribution in [3.05, 3.63) is 58.9 Å². The Morgan fingerprint density at radius 3 is 2.53 bits per heavy atom. The van der Waals surface area contributed by atoms with Crippen LogP contribution >= 0.6 is 0 Å². The standard InChI is InChI=1S/C17H20FN/c1-4-19-11-14-7-8-17(18)16(10-14)15-9-12(2)5-6-13(15)3/h5-10,19H,4,11H2,1-3H3. The summed E-state index contributed by atoms with van der Waals surface area (Å²) in [5.74, 6) is -0.158. The van der Waals surface area contributed by atoms with E-state index in [1.807, 2.05) is 38.1 Å². The molecule has 0 saturated carbocycles. The lowest BCUT2D eigenvalue weighted by atomic mass is 9.96. The van der Waals surface area contributed by atoms with Gasteiger partial charge >= 0.3 is 0 Å². The fourth-order valence-electron chi connectivity index (χ4n) is 2.18. The zero-order valence-electron chi connectivity index (χ0n) is 11.8. The van der Waals surface area contributed by atoms with Gasteiger partial charge in [0.1, 0.15) is 5.82 Å². The molecular formula is C17H20FN. The van der Waals surface area contributed by atoms with Crippen LogP contribution in [-0.4, -0.2) is 6.54 Å². The first-order chi connectivity index (χ1) is 9.11. The van der Waals surface area contributed by atoms with Crippen LogP contribution in [0.5, 0.6) is 0 Å². The van der Waals surface area contributed by atoms with Crippen LogP contribution in [0.15, 0.2) is 36.4 Å². The number of nitrogens with one attached hydrogen (secondary N) is 1. The van der Waals surface area contributed by atoms with Crippen molar-refractivity contribution in [3.63, 3.8) is 0 Å². The monoisotopic (exact) mass is 257 g/mol. The molecule has 0 radical (unpaired) electrons. The van der Waals surface area contributed by atoms with Crippen LogP contribution in [0.4, 0.5) is 4.39 Å². The minimum atomic E-state index is -0.158. The van der Waals surface area contributed by atoms with E-state index in [9.17, 15) is 4.39 Å². The molecule has 0 atom stereocenters. The van der Waals surface area contributed by atoms with Crippen molar-refractivity contribution in [2.24, 2.45) is 0 Å². The van der Waals surface area contributed by atoms with Gasteiger partial charge in [-0.1, -0.05) is 36.8 Å². The second kappa shape index (κ2) is 5.98. The van der Waals surface area contributed by atoms with E-state index in [-0.39, 0.29) is 5.82 Å². The maximum absolute atomic E-state index is 14.1. The van der Waals surface area contributed by atoms with E-state index in [0.29, 0.717) is 5.56 Å². The molecule has 0 saturated heterocycles. The number of halogens is 1. The van der Waals surface area contributed by atoms with Gasteiger partial charge < -0.3 is 5.32 Å². The number of hydrogen-bond acceptors (Lipinski definition) is 1. The van der Waals surface area contributed by atoms with Crippen molar-refractivity contribution >= 4 is 0 Å². The van der Waals surface area contributed by atoms with E-state index in [0.717, 1.165) is 35.3 Å². The minimum absolute atomic E-state index is 0.158. The summed E-state index contributed by atoms with van der Waals surface area (Å²) >= 11 is 0. The molecular weight excluding hydrogens is 237 g/mol. The third-order valence-corrected chi connectivity index (χ3v) is 3.29. The van der Waals surface area contributed by atoms with Crippen LogP contribution in [-0.2, 0) is 6.54 Å². The highest BCUT2D eigenvalue weighted by atomic mass is 19.1. The van der Waals surface area contributed by atoms with Gasteiger partial charge in [0.2, 0.25) is 0 Å². The van der Waals surface area contributed by atoms with Gasteiger partial charge in [-0.05, 0) is 49.2 Å². The molecule has 2 aromatic carbocycles. The minimum Gasteiger partial charge on any atom is -0.313 e. The Morgan fingerprint density at radius 1 is 1.00 bits per heavy atom. The molecule has 0 bridgehead atoms. The van der Waals surface area contributed by atoms with E-state index in [2.05, 4.69) is 18.3 Å². The number of aryl methyl sites for hydroxylation is 2. The molecule has 0 aromatic heterocycles. The summed E-state index contributed by atoms with van der Waals surface area (Å²) in [6, 6.07) is 11.5. The summed E-state index contributed by atoms with van der Waals surface area (Å²) < 4.78 is 14.1. The molecule has 0 heterocycles. The van der Waals surface area contributed by atoms with Crippen molar-refractivity contribution in [2.45, 2.75) is 27.3 Å². The quantitative estimate of drug-likeness (QED) is 0.864. The van der Waals surface area contributed by atoms with Crippen LogP contribution in [0.1, 0.15) is 23.6 Å². The van der Waals surface area contributed by atoms with Gasteiger partial charge in [0.05, 0.1) is 0 Å². The molecule has 100 valence electrons. The molecule has 2 aromatic rings. The summed E-state index contributed by atoms with van der Waals surface area (Å²) in [5.41, 5.74) is 5.04. The Labute approximate surface area is 114 Å². The van der Waals surface area contributed by atoms with Crippen molar-refractivity contribution in [1.29, 1.82) is 0 Å². The summed E-state index contributed by atoms with van der Waals surface area (Å²) in [5, 5.41) is 3.27. The summed E-state index contributed by atoms with van der Waals surface area (Å²) in [6.45, 7) is 7.80. The van der Waals surface area contributed by atoms with Crippen LogP contribution in [0, 0.1) is 19.7 Å². The Hall–Kier alpha value is -1.67. The van der Waals surface area contributed by atoms with Gasteiger partial charge in [-0.3, -0.25) is 0 Å². The van der Waals surface area contributed by atoms with Gasteiger partial charge in [-0.15, -0.1) is 0 Å². The number of rotatable bonds is 4. The summed E-state index contributed by atoms with van der Waals surface area (Å²) in [4.78, 5) is 0. The topological polar surface area (TPSA) is 12.0 Å². The fourth-order valence-corrected chi connectivity index (χ4v) is 2.18. The average Bonchev–Trinajstić information content (AvgIpc) is 2.41. The predicted octanol–water partition coefficient (Wildman–Crippen LogP) is 4.22. The third-order valence-electron chi connectivity index (χ3n) is 3.29. The van der Waals surface area contributed by atoms with Gasteiger partial charge in [-0.25, -0.2) is 4.39 Å². The van der Waals surface area contributed by atoms with E-state index in [1.165, 1.54) is 0 Å². The largest absolute Gasteiger partial charge is 0.313 e. The molecule has 0 amide bonds. The lowest BCUT2D eigenvalue weighted by Crippen LogP contribution is -2.11. The molecule has 0 unspecified atom stereocenters. The molecule has 2 rings (SSSR count). The maximum Gasteiger partial charge on any atom is 0.131 e.